The second-order valence-corrected chi connectivity index (χ2v) is 8.79. The van der Waals surface area contributed by atoms with Gasteiger partial charge in [0.05, 0.1) is 0 Å². The molecule has 0 saturated carbocycles. The molecule has 1 heterocycles. The number of nitrogens with one attached hydrogen (secondary N) is 2. The number of hydrogen-bond donors (Lipinski definition) is 2. The second-order valence-electron chi connectivity index (χ2n) is 8.79. The number of aryl methyl sites for hydroxylation is 1. The lowest BCUT2D eigenvalue weighted by molar-refractivity contribution is 0.491. The second kappa shape index (κ2) is 15.1. The predicted molar refractivity (Wildman–Crippen MR) is 146 cm³/mol. The van der Waals surface area contributed by atoms with E-state index < -0.39 is 0 Å². The van der Waals surface area contributed by atoms with Gasteiger partial charge in [-0.25, -0.2) is 4.99 Å². The van der Waals surface area contributed by atoms with Gasteiger partial charge in [-0.15, -0.1) is 34.2 Å². The predicted octanol–water partition coefficient (Wildman–Crippen LogP) is 4.52. The van der Waals surface area contributed by atoms with E-state index in [9.17, 15) is 0 Å². The molecule has 0 saturated heterocycles. The van der Waals surface area contributed by atoms with E-state index in [1.165, 1.54) is 18.5 Å². The van der Waals surface area contributed by atoms with Crippen LogP contribution in [0.5, 0.6) is 0 Å². The number of halogens is 1. The molecule has 1 aromatic carbocycles. The molecule has 8 heteroatoms. The number of guanidine groups is 1. The van der Waals surface area contributed by atoms with Gasteiger partial charge in [0.2, 0.25) is 0 Å². The van der Waals surface area contributed by atoms with E-state index in [1.807, 2.05) is 24.6 Å². The molecule has 2 aromatic rings. The van der Waals surface area contributed by atoms with Crippen molar-refractivity contribution in [1.29, 1.82) is 0 Å². The van der Waals surface area contributed by atoms with Crippen molar-refractivity contribution < 1.29 is 0 Å². The van der Waals surface area contributed by atoms with Crippen LogP contribution in [0.3, 0.4) is 0 Å². The Morgan fingerprint density at radius 2 is 1.81 bits per heavy atom. The zero-order chi connectivity index (χ0) is 22.6. The number of anilines is 1. The van der Waals surface area contributed by atoms with Crippen LogP contribution in [0.2, 0.25) is 0 Å². The highest BCUT2D eigenvalue weighted by Crippen LogP contribution is 2.11. The molecule has 1 aromatic heterocycles. The molecule has 2 N–H and O–H groups in total. The zero-order valence-electron chi connectivity index (χ0n) is 20.6. The Morgan fingerprint density at radius 1 is 1.09 bits per heavy atom. The van der Waals surface area contributed by atoms with Gasteiger partial charge >= 0.3 is 0 Å². The van der Waals surface area contributed by atoms with Crippen LogP contribution >= 0.6 is 24.0 Å². The lowest BCUT2D eigenvalue weighted by atomic mass is 10.0. The molecule has 0 radical (unpaired) electrons. The van der Waals surface area contributed by atoms with Crippen LogP contribution in [0.15, 0.2) is 35.3 Å². The van der Waals surface area contributed by atoms with E-state index >= 15 is 0 Å². The van der Waals surface area contributed by atoms with E-state index in [1.54, 1.807) is 0 Å². The van der Waals surface area contributed by atoms with Crippen LogP contribution < -0.4 is 15.5 Å². The highest BCUT2D eigenvalue weighted by atomic mass is 127. The Bertz CT molecular complexity index is 789. The zero-order valence-corrected chi connectivity index (χ0v) is 23.0. The first-order valence-corrected chi connectivity index (χ1v) is 11.5. The molecule has 0 bridgehead atoms. The van der Waals surface area contributed by atoms with Crippen molar-refractivity contribution in [2.45, 2.75) is 66.0 Å². The maximum atomic E-state index is 4.78. The monoisotopic (exact) mass is 555 g/mol. The third-order valence-electron chi connectivity index (χ3n) is 5.52. The number of benzene rings is 1. The summed E-state index contributed by atoms with van der Waals surface area (Å²) in [6.45, 7) is 11.1. The van der Waals surface area contributed by atoms with E-state index in [-0.39, 0.29) is 24.0 Å². The fourth-order valence-electron chi connectivity index (χ4n) is 3.36. The molecular weight excluding hydrogens is 513 g/mol. The van der Waals surface area contributed by atoms with Crippen molar-refractivity contribution in [2.75, 3.05) is 25.0 Å². The molecule has 7 nitrogen and oxygen atoms in total. The van der Waals surface area contributed by atoms with Crippen LogP contribution in [-0.2, 0) is 13.6 Å². The van der Waals surface area contributed by atoms with Gasteiger partial charge < -0.3 is 20.1 Å². The Balaban J connectivity index is 0.00000512. The smallest absolute Gasteiger partial charge is 0.191 e. The third-order valence-corrected chi connectivity index (χ3v) is 5.52. The van der Waals surface area contributed by atoms with E-state index in [0.29, 0.717) is 12.6 Å². The van der Waals surface area contributed by atoms with Crippen molar-refractivity contribution in [3.8, 4) is 0 Å². The Hall–Kier alpha value is -1.84. The van der Waals surface area contributed by atoms with Crippen molar-refractivity contribution in [2.24, 2.45) is 18.0 Å². The topological polar surface area (TPSA) is 70.4 Å². The van der Waals surface area contributed by atoms with Crippen LogP contribution in [0.1, 0.15) is 58.1 Å². The molecule has 180 valence electrons. The summed E-state index contributed by atoms with van der Waals surface area (Å²) in [5.74, 6) is 3.37. The average molecular weight is 556 g/mol. The average Bonchev–Trinajstić information content (AvgIpc) is 3.07. The number of para-hydroxylation sites is 1. The van der Waals surface area contributed by atoms with Gasteiger partial charge in [-0.3, -0.25) is 0 Å². The van der Waals surface area contributed by atoms with Gasteiger partial charge in [-0.05, 0) is 44.7 Å². The maximum absolute atomic E-state index is 4.78. The summed E-state index contributed by atoms with van der Waals surface area (Å²) >= 11 is 0. The molecule has 2 rings (SSSR count). The summed E-state index contributed by atoms with van der Waals surface area (Å²) in [6, 6.07) is 10.9. The van der Waals surface area contributed by atoms with Crippen LogP contribution in [0.4, 0.5) is 5.69 Å². The number of nitrogens with zero attached hydrogens (tertiary/aromatic N) is 5. The maximum Gasteiger partial charge on any atom is 0.191 e. The fraction of sp³-hybridized carbons (Fsp3) is 0.625. The highest BCUT2D eigenvalue weighted by Gasteiger charge is 2.09. The van der Waals surface area contributed by atoms with Crippen LogP contribution in [0.25, 0.3) is 0 Å². The highest BCUT2D eigenvalue weighted by molar-refractivity contribution is 14.0. The molecule has 1 atom stereocenters. The number of aliphatic imine (C=N–C) groups is 1. The molecule has 32 heavy (non-hydrogen) atoms. The first-order chi connectivity index (χ1) is 14.9. The van der Waals surface area contributed by atoms with E-state index in [0.717, 1.165) is 49.5 Å². The quantitative estimate of drug-likeness (QED) is 0.175. The molecule has 1 unspecified atom stereocenters. The first kappa shape index (κ1) is 28.2. The Kier molecular flexibility index (Phi) is 13.3. The van der Waals surface area contributed by atoms with Gasteiger partial charge in [0, 0.05) is 38.9 Å². The standard InChI is InChI=1S/C24H41N7.HI/c1-19(2)12-10-13-20(3)27-24(26-18-23-29-28-21(4)31(23)6)25-16-11-17-30(5)22-14-8-7-9-15-22;/h7-9,14-15,19-20H,10-13,16-18H2,1-6H3,(H2,25,26,27);1H. The Morgan fingerprint density at radius 3 is 2.44 bits per heavy atom. The summed E-state index contributed by atoms with van der Waals surface area (Å²) in [5.41, 5.74) is 1.24. The van der Waals surface area contributed by atoms with E-state index in [2.05, 4.69) is 77.8 Å². The molecular formula is C24H42IN7. The van der Waals surface area contributed by atoms with Crippen molar-refractivity contribution in [3.05, 3.63) is 42.0 Å². The summed E-state index contributed by atoms with van der Waals surface area (Å²) in [5, 5.41) is 15.4. The largest absolute Gasteiger partial charge is 0.375 e. The van der Waals surface area contributed by atoms with Gasteiger partial charge in [0.1, 0.15) is 12.4 Å². The van der Waals surface area contributed by atoms with Gasteiger partial charge in [-0.2, -0.15) is 0 Å². The van der Waals surface area contributed by atoms with E-state index in [4.69, 9.17) is 4.99 Å². The van der Waals surface area contributed by atoms with Gasteiger partial charge in [0.15, 0.2) is 11.8 Å². The normalized spacial score (nSPS) is 12.4. The minimum absolute atomic E-state index is 0. The number of rotatable bonds is 12. The van der Waals surface area contributed by atoms with Crippen molar-refractivity contribution >= 4 is 35.6 Å². The minimum Gasteiger partial charge on any atom is -0.375 e. The van der Waals surface area contributed by atoms with Crippen molar-refractivity contribution in [1.82, 2.24) is 25.4 Å². The fourth-order valence-corrected chi connectivity index (χ4v) is 3.36. The van der Waals surface area contributed by atoms with Crippen LogP contribution in [-0.4, -0.2) is 46.9 Å². The lowest BCUT2D eigenvalue weighted by Crippen LogP contribution is -2.43. The molecule has 0 spiro atoms. The van der Waals surface area contributed by atoms with Gasteiger partial charge in [0.25, 0.3) is 0 Å². The SMILES string of the molecule is Cc1nnc(CN=C(NCCCN(C)c2ccccc2)NC(C)CCCC(C)C)n1C.I. The summed E-state index contributed by atoms with van der Waals surface area (Å²) in [7, 11) is 4.12. The summed E-state index contributed by atoms with van der Waals surface area (Å²) in [6.07, 6.45) is 4.65. The third kappa shape index (κ3) is 10.2. The molecule has 0 fully saturated rings. The molecule has 0 aliphatic heterocycles. The summed E-state index contributed by atoms with van der Waals surface area (Å²) in [4.78, 5) is 7.06. The van der Waals surface area contributed by atoms with Crippen molar-refractivity contribution in [3.63, 3.8) is 0 Å². The minimum atomic E-state index is 0. The number of hydrogen-bond acceptors (Lipinski definition) is 4. The lowest BCUT2D eigenvalue weighted by Gasteiger charge is -2.21. The van der Waals surface area contributed by atoms with Crippen LogP contribution in [0, 0.1) is 12.8 Å². The molecule has 0 aliphatic rings. The van der Waals surface area contributed by atoms with Gasteiger partial charge in [-0.1, -0.05) is 44.9 Å². The molecule has 0 amide bonds. The Labute approximate surface area is 211 Å². The summed E-state index contributed by atoms with van der Waals surface area (Å²) < 4.78 is 1.99. The molecule has 0 aliphatic carbocycles. The first-order valence-electron chi connectivity index (χ1n) is 11.5. The number of aromatic nitrogens is 3.